The molecule has 0 bridgehead atoms. The van der Waals surface area contributed by atoms with E-state index < -0.39 is 14.5 Å². The minimum absolute atomic E-state index is 0.517. The Bertz CT molecular complexity index is 459. The summed E-state index contributed by atoms with van der Waals surface area (Å²) < 4.78 is 17.5. The van der Waals surface area contributed by atoms with Crippen molar-refractivity contribution in [2.45, 2.75) is 207 Å². The molecular formula is C35H74O4Si. The molecule has 0 rings (SSSR count). The van der Waals surface area contributed by atoms with Gasteiger partial charge in [0.2, 0.25) is 0 Å². The molecule has 1 N–H and O–H groups in total. The lowest BCUT2D eigenvalue weighted by atomic mass is 10.0. The summed E-state index contributed by atoms with van der Waals surface area (Å²) in [5, 5.41) is 10.7. The molecule has 0 aromatic carbocycles. The summed E-state index contributed by atoms with van der Waals surface area (Å²) in [6, 6.07) is 0. The van der Waals surface area contributed by atoms with Gasteiger partial charge in [-0.15, -0.1) is 0 Å². The fraction of sp³-hybridized carbons (Fsp3) is 1.00. The summed E-state index contributed by atoms with van der Waals surface area (Å²) in [5.41, 5.74) is -0.610. The van der Waals surface area contributed by atoms with Crippen LogP contribution in [0.2, 0.25) is 0 Å². The van der Waals surface area contributed by atoms with Crippen molar-refractivity contribution in [1.82, 2.24) is 0 Å². The quantitative estimate of drug-likeness (QED) is 0.0601. The van der Waals surface area contributed by atoms with Crippen LogP contribution in [0, 0.1) is 0 Å². The fourth-order valence-corrected chi connectivity index (χ4v) is 8.44. The summed E-state index contributed by atoms with van der Waals surface area (Å²) in [7, 11) is -2.96. The first kappa shape index (κ1) is 40.1. The zero-order chi connectivity index (χ0) is 29.4. The molecule has 0 aromatic heterocycles. The summed E-state index contributed by atoms with van der Waals surface area (Å²) in [5.74, 6) is 0. The van der Waals surface area contributed by atoms with Gasteiger partial charge in [-0.25, -0.2) is 0 Å². The van der Waals surface area contributed by atoms with Crippen molar-refractivity contribution < 1.29 is 18.4 Å². The molecule has 0 aromatic rings. The van der Waals surface area contributed by atoms with E-state index in [1.165, 1.54) is 161 Å². The van der Waals surface area contributed by atoms with Crippen LogP contribution in [0.1, 0.15) is 201 Å². The topological polar surface area (TPSA) is 47.9 Å². The Morgan fingerprint density at radius 2 is 0.600 bits per heavy atom. The van der Waals surface area contributed by atoms with E-state index in [1.807, 2.05) is 20.8 Å². The lowest BCUT2D eigenvalue weighted by Gasteiger charge is -2.32. The monoisotopic (exact) mass is 587 g/mol. The van der Waals surface area contributed by atoms with Crippen LogP contribution in [0.5, 0.6) is 0 Å². The molecule has 40 heavy (non-hydrogen) atoms. The number of unbranched alkanes of at least 4 members (excludes halogenated alkanes) is 25. The maximum absolute atomic E-state index is 10.7. The van der Waals surface area contributed by atoms with E-state index in [4.69, 9.17) is 13.3 Å². The molecule has 0 amide bonds. The molecule has 0 aliphatic carbocycles. The van der Waals surface area contributed by atoms with Gasteiger partial charge in [-0.2, -0.15) is 0 Å². The number of hydrogen-bond acceptors (Lipinski definition) is 4. The molecule has 0 radical (unpaired) electrons. The molecule has 0 spiro atoms. The molecule has 1 atom stereocenters. The van der Waals surface area contributed by atoms with Crippen molar-refractivity contribution in [1.29, 1.82) is 0 Å². The van der Waals surface area contributed by atoms with Crippen LogP contribution in [-0.2, 0) is 13.3 Å². The summed E-state index contributed by atoms with van der Waals surface area (Å²) in [6.45, 7) is 9.67. The predicted molar refractivity (Wildman–Crippen MR) is 177 cm³/mol. The normalized spacial score (nSPS) is 12.8. The third-order valence-electron chi connectivity index (χ3n) is 8.28. The van der Waals surface area contributed by atoms with Gasteiger partial charge in [0.1, 0.15) is 5.73 Å². The molecule has 4 nitrogen and oxygen atoms in total. The first-order chi connectivity index (χ1) is 19.7. The largest absolute Gasteiger partial charge is 0.531 e. The zero-order valence-electron chi connectivity index (χ0n) is 28.0. The summed E-state index contributed by atoms with van der Waals surface area (Å²) in [6.07, 6.45) is 37.2. The van der Waals surface area contributed by atoms with Gasteiger partial charge in [0.05, 0.1) is 0 Å². The highest BCUT2D eigenvalue weighted by Gasteiger charge is 2.48. The summed E-state index contributed by atoms with van der Waals surface area (Å²) >= 11 is 0. The molecule has 5 heteroatoms. The number of rotatable bonds is 34. The minimum atomic E-state index is -2.96. The van der Waals surface area contributed by atoms with E-state index in [-0.39, 0.29) is 0 Å². The Balaban J connectivity index is 3.36. The first-order valence-electron chi connectivity index (χ1n) is 18.3. The third-order valence-corrected chi connectivity index (χ3v) is 11.5. The van der Waals surface area contributed by atoms with Gasteiger partial charge in [0.15, 0.2) is 0 Å². The van der Waals surface area contributed by atoms with Crippen molar-refractivity contribution in [3.63, 3.8) is 0 Å². The third kappa shape index (κ3) is 24.6. The molecule has 0 saturated carbocycles. The molecule has 0 aliphatic heterocycles. The van der Waals surface area contributed by atoms with Crippen LogP contribution < -0.4 is 0 Å². The van der Waals surface area contributed by atoms with Crippen molar-refractivity contribution in [2.75, 3.05) is 19.8 Å². The van der Waals surface area contributed by atoms with Crippen LogP contribution >= 0.6 is 0 Å². The lowest BCUT2D eigenvalue weighted by molar-refractivity contribution is 0.0192. The second-order valence-corrected chi connectivity index (χ2v) is 14.8. The maximum atomic E-state index is 10.7. The SMILES string of the molecule is CCCCCCCCCCCCCCCCCCCCCCCCCCCCC(O)[Si](OCC)(OCC)OCC. The Morgan fingerprint density at radius 3 is 0.825 bits per heavy atom. The molecule has 0 aliphatic rings. The highest BCUT2D eigenvalue weighted by molar-refractivity contribution is 6.62. The van der Waals surface area contributed by atoms with Gasteiger partial charge in [-0.3, -0.25) is 0 Å². The first-order valence-corrected chi connectivity index (χ1v) is 20.1. The van der Waals surface area contributed by atoms with E-state index in [0.29, 0.717) is 26.2 Å². The van der Waals surface area contributed by atoms with E-state index >= 15 is 0 Å². The van der Waals surface area contributed by atoms with Gasteiger partial charge in [0.25, 0.3) is 0 Å². The fourth-order valence-electron chi connectivity index (χ4n) is 5.85. The average Bonchev–Trinajstić information content (AvgIpc) is 2.95. The van der Waals surface area contributed by atoms with Gasteiger partial charge >= 0.3 is 8.80 Å². The van der Waals surface area contributed by atoms with E-state index in [1.54, 1.807) is 0 Å². The zero-order valence-corrected chi connectivity index (χ0v) is 29.0. The van der Waals surface area contributed by atoms with Crippen LogP contribution in [0.25, 0.3) is 0 Å². The van der Waals surface area contributed by atoms with Crippen molar-refractivity contribution in [3.8, 4) is 0 Å². The predicted octanol–water partition coefficient (Wildman–Crippen LogP) is 11.5. The smallest absolute Gasteiger partial charge is 0.389 e. The second-order valence-electron chi connectivity index (χ2n) is 12.0. The van der Waals surface area contributed by atoms with Crippen LogP contribution in [0.15, 0.2) is 0 Å². The van der Waals surface area contributed by atoms with Crippen molar-refractivity contribution in [3.05, 3.63) is 0 Å². The molecule has 0 saturated heterocycles. The summed E-state index contributed by atoms with van der Waals surface area (Å²) in [4.78, 5) is 0. The van der Waals surface area contributed by atoms with E-state index in [0.717, 1.165) is 6.42 Å². The Morgan fingerprint density at radius 1 is 0.375 bits per heavy atom. The van der Waals surface area contributed by atoms with E-state index in [9.17, 15) is 5.11 Å². The molecule has 1 unspecified atom stereocenters. The van der Waals surface area contributed by atoms with Gasteiger partial charge in [0, 0.05) is 19.8 Å². The van der Waals surface area contributed by atoms with Gasteiger partial charge in [-0.1, -0.05) is 174 Å². The van der Waals surface area contributed by atoms with Gasteiger partial charge in [-0.05, 0) is 27.2 Å². The molecule has 242 valence electrons. The number of aliphatic hydroxyl groups excluding tert-OH is 1. The Hall–Kier alpha value is 0.0569. The van der Waals surface area contributed by atoms with Crippen molar-refractivity contribution >= 4 is 8.80 Å². The standard InChI is InChI=1S/C35H74O4Si/c1-5-9-10-11-12-13-14-15-16-17-18-19-20-21-22-23-24-25-26-27-28-29-30-31-32-33-34-35(36)40(37-6-2,38-7-3)39-8-4/h35-36H,5-34H2,1-4H3. The Labute approximate surface area is 253 Å². The lowest BCUT2D eigenvalue weighted by Crippen LogP contribution is -2.56. The Kier molecular flexibility index (Phi) is 32.0. The average molecular weight is 587 g/mol. The van der Waals surface area contributed by atoms with E-state index in [2.05, 4.69) is 6.92 Å². The number of hydrogen-bond donors (Lipinski definition) is 1. The highest BCUT2D eigenvalue weighted by atomic mass is 28.4. The highest BCUT2D eigenvalue weighted by Crippen LogP contribution is 2.21. The van der Waals surface area contributed by atoms with Crippen LogP contribution in [0.4, 0.5) is 0 Å². The molecule has 0 heterocycles. The number of aliphatic hydroxyl groups is 1. The van der Waals surface area contributed by atoms with Crippen LogP contribution in [0.3, 0.4) is 0 Å². The van der Waals surface area contributed by atoms with Crippen LogP contribution in [-0.4, -0.2) is 39.5 Å². The minimum Gasteiger partial charge on any atom is -0.389 e. The van der Waals surface area contributed by atoms with Crippen molar-refractivity contribution in [2.24, 2.45) is 0 Å². The molecular weight excluding hydrogens is 512 g/mol. The van der Waals surface area contributed by atoms with Gasteiger partial charge < -0.3 is 18.4 Å². The molecule has 0 fully saturated rings. The second kappa shape index (κ2) is 32.0. The maximum Gasteiger partial charge on any atom is 0.531 e.